The first-order valence-corrected chi connectivity index (χ1v) is 9.56. The average molecular weight is 486 g/mol. The van der Waals surface area contributed by atoms with E-state index in [-0.39, 0.29) is 29.0 Å². The van der Waals surface area contributed by atoms with Crippen molar-refractivity contribution in [2.45, 2.75) is 25.9 Å². The van der Waals surface area contributed by atoms with Gasteiger partial charge in [0.1, 0.15) is 11.5 Å². The van der Waals surface area contributed by atoms with Gasteiger partial charge in [-0.3, -0.25) is 10.1 Å². The van der Waals surface area contributed by atoms with Gasteiger partial charge in [-0.2, -0.15) is 18.3 Å². The van der Waals surface area contributed by atoms with Gasteiger partial charge < -0.3 is 14.2 Å². The number of nitro benzene ring substituents is 1. The van der Waals surface area contributed by atoms with E-state index in [0.29, 0.717) is 6.07 Å². The van der Waals surface area contributed by atoms with Gasteiger partial charge in [0.05, 0.1) is 15.5 Å². The molecule has 3 rings (SSSR count). The predicted octanol–water partition coefficient (Wildman–Crippen LogP) is 5.22. The number of aromatic nitrogens is 2. The molecule has 0 N–H and O–H groups in total. The third kappa shape index (κ3) is 6.13. The number of halogens is 4. The molecule has 0 aliphatic carbocycles. The zero-order chi connectivity index (χ0) is 24.2. The zero-order valence-corrected chi connectivity index (χ0v) is 17.5. The minimum Gasteiger partial charge on any atom is -0.472 e. The SMILES string of the molecule is CC(Oc1cc(Oc2ccc(C(F)(F)F)cc2Cl)ccc1[N+](=O)[O-])C(=O)OCn1cccn1. The summed E-state index contributed by atoms with van der Waals surface area (Å²) in [6, 6.07) is 7.50. The zero-order valence-electron chi connectivity index (χ0n) is 16.8. The number of alkyl halides is 3. The normalized spacial score (nSPS) is 12.2. The van der Waals surface area contributed by atoms with Crippen LogP contribution in [-0.4, -0.2) is 26.8 Å². The second-order valence-corrected chi connectivity index (χ2v) is 6.94. The van der Waals surface area contributed by atoms with Crippen molar-refractivity contribution in [3.63, 3.8) is 0 Å². The molecule has 0 bridgehead atoms. The fourth-order valence-electron chi connectivity index (χ4n) is 2.55. The molecule has 33 heavy (non-hydrogen) atoms. The van der Waals surface area contributed by atoms with E-state index in [1.807, 2.05) is 0 Å². The molecule has 0 saturated heterocycles. The Morgan fingerprint density at radius 1 is 1.24 bits per heavy atom. The molecule has 0 aliphatic heterocycles. The summed E-state index contributed by atoms with van der Waals surface area (Å²) in [5, 5.41) is 14.9. The molecule has 0 radical (unpaired) electrons. The highest BCUT2D eigenvalue weighted by Crippen LogP contribution is 2.38. The summed E-state index contributed by atoms with van der Waals surface area (Å²) < 4.78 is 55.6. The molecule has 0 fully saturated rings. The number of hydrogen-bond acceptors (Lipinski definition) is 7. The molecule has 0 spiro atoms. The Labute approximate surface area is 189 Å². The summed E-state index contributed by atoms with van der Waals surface area (Å²) in [5.74, 6) is -1.26. The number of ether oxygens (including phenoxy) is 3. The topological polar surface area (TPSA) is 106 Å². The fraction of sp³-hybridized carbons (Fsp3) is 0.200. The van der Waals surface area contributed by atoms with E-state index in [1.165, 1.54) is 23.9 Å². The van der Waals surface area contributed by atoms with Crippen molar-refractivity contribution in [1.82, 2.24) is 9.78 Å². The summed E-state index contributed by atoms with van der Waals surface area (Å²) in [5.41, 5.74) is -1.43. The standard InChI is InChI=1S/C20H15ClF3N3O6/c1-12(19(28)31-11-26-8-2-7-25-26)32-18-10-14(4-5-16(18)27(29)30)33-17-6-3-13(9-15(17)21)20(22,23)24/h2-10,12H,11H2,1H3. The second-order valence-electron chi connectivity index (χ2n) is 6.53. The molecule has 1 atom stereocenters. The van der Waals surface area contributed by atoms with E-state index in [1.54, 1.807) is 12.3 Å². The highest BCUT2D eigenvalue weighted by molar-refractivity contribution is 6.32. The lowest BCUT2D eigenvalue weighted by Crippen LogP contribution is -2.27. The number of rotatable bonds is 8. The van der Waals surface area contributed by atoms with E-state index in [0.717, 1.165) is 24.3 Å². The van der Waals surface area contributed by atoms with Crippen LogP contribution < -0.4 is 9.47 Å². The van der Waals surface area contributed by atoms with Crippen molar-refractivity contribution < 1.29 is 37.1 Å². The van der Waals surface area contributed by atoms with Crippen LogP contribution >= 0.6 is 11.6 Å². The van der Waals surface area contributed by atoms with Crippen LogP contribution in [0.1, 0.15) is 12.5 Å². The van der Waals surface area contributed by atoms with Crippen LogP contribution in [-0.2, 0) is 22.4 Å². The molecular formula is C20H15ClF3N3O6. The van der Waals surface area contributed by atoms with Crippen molar-refractivity contribution in [2.75, 3.05) is 0 Å². The number of carbonyl (C=O) groups is 1. The van der Waals surface area contributed by atoms with Crippen LogP contribution in [0, 0.1) is 10.1 Å². The van der Waals surface area contributed by atoms with Gasteiger partial charge in [-0.15, -0.1) is 0 Å². The quantitative estimate of drug-likeness (QED) is 0.244. The monoisotopic (exact) mass is 485 g/mol. The predicted molar refractivity (Wildman–Crippen MR) is 108 cm³/mol. The Kier molecular flexibility index (Phi) is 7.07. The summed E-state index contributed by atoms with van der Waals surface area (Å²) in [4.78, 5) is 22.8. The highest BCUT2D eigenvalue weighted by atomic mass is 35.5. The molecule has 0 saturated carbocycles. The lowest BCUT2D eigenvalue weighted by Gasteiger charge is -2.15. The Balaban J connectivity index is 1.76. The minimum absolute atomic E-state index is 0.0191. The Morgan fingerprint density at radius 2 is 2.00 bits per heavy atom. The van der Waals surface area contributed by atoms with E-state index < -0.39 is 34.4 Å². The van der Waals surface area contributed by atoms with Crippen LogP contribution in [0.25, 0.3) is 0 Å². The number of benzene rings is 2. The summed E-state index contributed by atoms with van der Waals surface area (Å²) in [7, 11) is 0. The van der Waals surface area contributed by atoms with Gasteiger partial charge >= 0.3 is 17.8 Å². The molecule has 1 heterocycles. The van der Waals surface area contributed by atoms with E-state index >= 15 is 0 Å². The fourth-order valence-corrected chi connectivity index (χ4v) is 2.77. The lowest BCUT2D eigenvalue weighted by atomic mass is 10.2. The Morgan fingerprint density at radius 3 is 2.61 bits per heavy atom. The number of nitrogens with zero attached hydrogens (tertiary/aromatic N) is 3. The molecule has 2 aromatic carbocycles. The van der Waals surface area contributed by atoms with E-state index in [4.69, 9.17) is 25.8 Å². The van der Waals surface area contributed by atoms with Crippen LogP contribution in [0.4, 0.5) is 18.9 Å². The number of esters is 1. The first kappa shape index (κ1) is 23.9. The Bertz CT molecular complexity index is 1150. The van der Waals surface area contributed by atoms with Crippen molar-refractivity contribution in [3.8, 4) is 17.2 Å². The molecular weight excluding hydrogens is 471 g/mol. The van der Waals surface area contributed by atoms with Gasteiger partial charge in [0.2, 0.25) is 5.75 Å². The maximum atomic E-state index is 12.8. The molecule has 13 heteroatoms. The molecule has 0 aliphatic rings. The molecule has 1 aromatic heterocycles. The van der Waals surface area contributed by atoms with Gasteiger partial charge in [-0.25, -0.2) is 9.48 Å². The van der Waals surface area contributed by atoms with E-state index in [9.17, 15) is 28.1 Å². The molecule has 174 valence electrons. The number of carbonyl (C=O) groups excluding carboxylic acids is 1. The second kappa shape index (κ2) is 9.77. The maximum Gasteiger partial charge on any atom is 0.416 e. The molecule has 1 unspecified atom stereocenters. The van der Waals surface area contributed by atoms with Crippen molar-refractivity contribution >= 4 is 23.3 Å². The van der Waals surface area contributed by atoms with Crippen LogP contribution in [0.5, 0.6) is 17.2 Å². The highest BCUT2D eigenvalue weighted by Gasteiger charge is 2.31. The Hall–Kier alpha value is -3.80. The van der Waals surface area contributed by atoms with Gasteiger partial charge in [0.25, 0.3) is 0 Å². The van der Waals surface area contributed by atoms with Crippen molar-refractivity contribution in [1.29, 1.82) is 0 Å². The molecule has 9 nitrogen and oxygen atoms in total. The van der Waals surface area contributed by atoms with Crippen molar-refractivity contribution in [2.24, 2.45) is 0 Å². The first-order valence-electron chi connectivity index (χ1n) is 9.18. The smallest absolute Gasteiger partial charge is 0.416 e. The third-order valence-corrected chi connectivity index (χ3v) is 4.44. The molecule has 0 amide bonds. The summed E-state index contributed by atoms with van der Waals surface area (Å²) >= 11 is 5.88. The summed E-state index contributed by atoms with van der Waals surface area (Å²) in [6.07, 6.45) is -2.76. The van der Waals surface area contributed by atoms with Gasteiger partial charge in [0, 0.05) is 24.5 Å². The van der Waals surface area contributed by atoms with Gasteiger partial charge in [-0.1, -0.05) is 11.6 Å². The maximum absolute atomic E-state index is 12.8. The average Bonchev–Trinajstić information content (AvgIpc) is 3.26. The number of nitro groups is 1. The van der Waals surface area contributed by atoms with Gasteiger partial charge in [0.15, 0.2) is 12.8 Å². The third-order valence-electron chi connectivity index (χ3n) is 4.15. The van der Waals surface area contributed by atoms with Crippen LogP contribution in [0.2, 0.25) is 5.02 Å². The number of hydrogen-bond donors (Lipinski definition) is 0. The minimum atomic E-state index is -4.58. The summed E-state index contributed by atoms with van der Waals surface area (Å²) in [6.45, 7) is 1.15. The van der Waals surface area contributed by atoms with Crippen LogP contribution in [0.3, 0.4) is 0 Å². The lowest BCUT2D eigenvalue weighted by molar-refractivity contribution is -0.386. The van der Waals surface area contributed by atoms with Crippen molar-refractivity contribution in [3.05, 3.63) is 75.6 Å². The largest absolute Gasteiger partial charge is 0.472 e. The van der Waals surface area contributed by atoms with Gasteiger partial charge in [-0.05, 0) is 37.3 Å². The molecule has 3 aromatic rings. The van der Waals surface area contributed by atoms with Crippen LogP contribution in [0.15, 0.2) is 54.9 Å². The first-order chi connectivity index (χ1) is 15.5. The van der Waals surface area contributed by atoms with E-state index in [2.05, 4.69) is 5.10 Å².